The van der Waals surface area contributed by atoms with E-state index in [1.54, 1.807) is 12.1 Å². The van der Waals surface area contributed by atoms with Gasteiger partial charge in [-0.05, 0) is 60.1 Å². The molecule has 0 atom stereocenters. The monoisotopic (exact) mass is 469 g/mol. The minimum Gasteiger partial charge on any atom is -0.457 e. The van der Waals surface area contributed by atoms with Crippen molar-refractivity contribution >= 4 is 45.9 Å². The standard InChI is InChI=1S/C20H12Cl2F3N3O3/c21-16-6-3-12(9-15(16)20(23,24)25)28-19(30)27-11-1-4-13(5-2-11)31-14-7-8-26-17(10-14)18(22)29/h1-10H,(H2,27,28,30). The Labute approximate surface area is 183 Å². The number of benzene rings is 2. The summed E-state index contributed by atoms with van der Waals surface area (Å²) in [5.41, 5.74) is -0.730. The number of urea groups is 1. The van der Waals surface area contributed by atoms with Crippen molar-refractivity contribution in [2.24, 2.45) is 0 Å². The Kier molecular flexibility index (Phi) is 6.67. The van der Waals surface area contributed by atoms with Gasteiger partial charge in [0.1, 0.15) is 17.2 Å². The molecule has 0 fully saturated rings. The zero-order valence-corrected chi connectivity index (χ0v) is 16.8. The van der Waals surface area contributed by atoms with Crippen LogP contribution in [0.3, 0.4) is 0 Å². The number of rotatable bonds is 5. The van der Waals surface area contributed by atoms with Gasteiger partial charge in [-0.2, -0.15) is 13.2 Å². The van der Waals surface area contributed by atoms with Crippen LogP contribution in [0.5, 0.6) is 11.5 Å². The van der Waals surface area contributed by atoms with Gasteiger partial charge in [0.05, 0.1) is 10.6 Å². The van der Waals surface area contributed by atoms with Gasteiger partial charge < -0.3 is 15.4 Å². The highest BCUT2D eigenvalue weighted by atomic mass is 35.5. The van der Waals surface area contributed by atoms with Gasteiger partial charge in [-0.3, -0.25) is 9.78 Å². The fourth-order valence-electron chi connectivity index (χ4n) is 2.44. The van der Waals surface area contributed by atoms with Crippen molar-refractivity contribution in [2.75, 3.05) is 10.6 Å². The van der Waals surface area contributed by atoms with Crippen LogP contribution < -0.4 is 15.4 Å². The quantitative estimate of drug-likeness (QED) is 0.414. The summed E-state index contributed by atoms with van der Waals surface area (Å²) in [6.45, 7) is 0. The van der Waals surface area contributed by atoms with Crippen LogP contribution in [-0.2, 0) is 6.18 Å². The van der Waals surface area contributed by atoms with Crippen molar-refractivity contribution in [1.29, 1.82) is 0 Å². The molecular formula is C20H12Cl2F3N3O3. The molecule has 0 aliphatic rings. The highest BCUT2D eigenvalue weighted by molar-refractivity contribution is 6.67. The number of anilines is 2. The number of hydrogen-bond donors (Lipinski definition) is 2. The van der Waals surface area contributed by atoms with Crippen LogP contribution in [0.4, 0.5) is 29.3 Å². The molecule has 160 valence electrons. The molecule has 0 spiro atoms. The van der Waals surface area contributed by atoms with Gasteiger partial charge >= 0.3 is 12.2 Å². The largest absolute Gasteiger partial charge is 0.457 e. The normalized spacial score (nSPS) is 11.0. The molecule has 0 aliphatic heterocycles. The molecular weight excluding hydrogens is 458 g/mol. The van der Waals surface area contributed by atoms with Crippen molar-refractivity contribution < 1.29 is 27.5 Å². The van der Waals surface area contributed by atoms with E-state index in [0.717, 1.165) is 12.1 Å². The number of hydrogen-bond acceptors (Lipinski definition) is 4. The molecule has 2 amide bonds. The Morgan fingerprint density at radius 2 is 1.55 bits per heavy atom. The highest BCUT2D eigenvalue weighted by Crippen LogP contribution is 2.36. The van der Waals surface area contributed by atoms with E-state index < -0.39 is 28.0 Å². The lowest BCUT2D eigenvalue weighted by molar-refractivity contribution is -0.137. The lowest BCUT2D eigenvalue weighted by atomic mass is 10.2. The van der Waals surface area contributed by atoms with Crippen LogP contribution >= 0.6 is 23.2 Å². The molecule has 0 radical (unpaired) electrons. The van der Waals surface area contributed by atoms with Gasteiger partial charge in [-0.1, -0.05) is 11.6 Å². The molecule has 0 saturated heterocycles. The predicted octanol–water partition coefficient (Wildman–Crippen LogP) is 6.57. The number of ether oxygens (including phenoxy) is 1. The van der Waals surface area contributed by atoms with E-state index >= 15 is 0 Å². The van der Waals surface area contributed by atoms with E-state index in [1.165, 1.54) is 36.5 Å². The molecule has 2 N–H and O–H groups in total. The van der Waals surface area contributed by atoms with Crippen molar-refractivity contribution in [1.82, 2.24) is 4.98 Å². The van der Waals surface area contributed by atoms with Gasteiger partial charge in [0.25, 0.3) is 5.24 Å². The minimum absolute atomic E-state index is 0.0324. The summed E-state index contributed by atoms with van der Waals surface area (Å²) in [5.74, 6) is 0.735. The second-order valence-corrected chi connectivity index (χ2v) is 6.80. The van der Waals surface area contributed by atoms with E-state index in [4.69, 9.17) is 27.9 Å². The lowest BCUT2D eigenvalue weighted by Gasteiger charge is -2.12. The highest BCUT2D eigenvalue weighted by Gasteiger charge is 2.33. The zero-order valence-electron chi connectivity index (χ0n) is 15.3. The van der Waals surface area contributed by atoms with E-state index in [1.807, 2.05) is 0 Å². The first-order valence-corrected chi connectivity index (χ1v) is 9.26. The van der Waals surface area contributed by atoms with Gasteiger partial charge in [0.15, 0.2) is 0 Å². The van der Waals surface area contributed by atoms with Gasteiger partial charge in [-0.15, -0.1) is 0 Å². The number of carbonyl (C=O) groups is 2. The first-order valence-electron chi connectivity index (χ1n) is 8.50. The number of alkyl halides is 3. The Hall–Kier alpha value is -3.30. The molecule has 6 nitrogen and oxygen atoms in total. The zero-order chi connectivity index (χ0) is 22.6. The number of nitrogens with one attached hydrogen (secondary N) is 2. The predicted molar refractivity (Wildman–Crippen MR) is 110 cm³/mol. The summed E-state index contributed by atoms with van der Waals surface area (Å²) in [4.78, 5) is 27.0. The Balaban J connectivity index is 1.63. The Morgan fingerprint density at radius 1 is 0.903 bits per heavy atom. The summed E-state index contributed by atoms with van der Waals surface area (Å²) < 4.78 is 44.3. The number of amides is 2. The van der Waals surface area contributed by atoms with Crippen molar-refractivity contribution in [3.8, 4) is 11.5 Å². The van der Waals surface area contributed by atoms with Crippen LogP contribution in [0.2, 0.25) is 5.02 Å². The molecule has 0 aliphatic carbocycles. The topological polar surface area (TPSA) is 80.3 Å². The molecule has 0 unspecified atom stereocenters. The lowest BCUT2D eigenvalue weighted by Crippen LogP contribution is -2.19. The maximum Gasteiger partial charge on any atom is 0.417 e. The molecule has 0 saturated carbocycles. The SMILES string of the molecule is O=C(Nc1ccc(Oc2ccnc(C(=O)Cl)c2)cc1)Nc1ccc(Cl)c(C(F)(F)F)c1. The molecule has 0 bridgehead atoms. The molecule has 1 heterocycles. The van der Waals surface area contributed by atoms with Gasteiger partial charge in [0.2, 0.25) is 0 Å². The van der Waals surface area contributed by atoms with Crippen molar-refractivity contribution in [2.45, 2.75) is 6.18 Å². The first-order chi connectivity index (χ1) is 14.6. The van der Waals surface area contributed by atoms with Gasteiger partial charge in [-0.25, -0.2) is 4.79 Å². The second-order valence-electron chi connectivity index (χ2n) is 6.05. The van der Waals surface area contributed by atoms with Crippen molar-refractivity contribution in [3.05, 3.63) is 77.1 Å². The summed E-state index contributed by atoms with van der Waals surface area (Å²) in [6.07, 6.45) is -3.28. The molecule has 11 heteroatoms. The van der Waals surface area contributed by atoms with E-state index in [2.05, 4.69) is 15.6 Å². The van der Waals surface area contributed by atoms with E-state index in [0.29, 0.717) is 17.2 Å². The first kappa shape index (κ1) is 22.4. The van der Waals surface area contributed by atoms with Crippen LogP contribution in [0.1, 0.15) is 16.1 Å². The number of nitrogens with zero attached hydrogens (tertiary/aromatic N) is 1. The van der Waals surface area contributed by atoms with Crippen LogP contribution in [0, 0.1) is 0 Å². The van der Waals surface area contributed by atoms with Gasteiger partial charge in [0, 0.05) is 23.6 Å². The van der Waals surface area contributed by atoms with Crippen molar-refractivity contribution in [3.63, 3.8) is 0 Å². The smallest absolute Gasteiger partial charge is 0.417 e. The van der Waals surface area contributed by atoms with Crippen LogP contribution in [-0.4, -0.2) is 16.3 Å². The van der Waals surface area contributed by atoms with Crippen LogP contribution in [0.15, 0.2) is 60.8 Å². The average Bonchev–Trinajstić information content (AvgIpc) is 2.70. The Morgan fingerprint density at radius 3 is 2.19 bits per heavy atom. The second kappa shape index (κ2) is 9.23. The molecule has 3 rings (SSSR count). The Bertz CT molecular complexity index is 1120. The number of carbonyl (C=O) groups excluding carboxylic acids is 2. The average molecular weight is 470 g/mol. The van der Waals surface area contributed by atoms with Crippen LogP contribution in [0.25, 0.3) is 0 Å². The summed E-state index contributed by atoms with van der Waals surface area (Å²) >= 11 is 10.9. The maximum absolute atomic E-state index is 12.9. The number of pyridine rings is 1. The van der Waals surface area contributed by atoms with E-state index in [-0.39, 0.29) is 11.4 Å². The molecule has 1 aromatic heterocycles. The molecule has 2 aromatic carbocycles. The maximum atomic E-state index is 12.9. The third-order valence-corrected chi connectivity index (χ3v) is 4.33. The minimum atomic E-state index is -4.65. The summed E-state index contributed by atoms with van der Waals surface area (Å²) in [7, 11) is 0. The van der Waals surface area contributed by atoms with E-state index in [9.17, 15) is 22.8 Å². The third-order valence-electron chi connectivity index (χ3n) is 3.81. The summed E-state index contributed by atoms with van der Waals surface area (Å²) in [5, 5.41) is 3.61. The third kappa shape index (κ3) is 6.09. The molecule has 3 aromatic rings. The molecule has 31 heavy (non-hydrogen) atoms. The number of halogens is 5. The fraction of sp³-hybridized carbons (Fsp3) is 0.0500. The fourth-order valence-corrected chi connectivity index (χ4v) is 2.77. The number of aromatic nitrogens is 1. The summed E-state index contributed by atoms with van der Waals surface area (Å²) in [6, 6.07) is 11.3.